The Labute approximate surface area is 196 Å². The molecule has 4 aliphatic rings. The second-order valence-corrected chi connectivity index (χ2v) is 10.9. The van der Waals surface area contributed by atoms with Crippen molar-refractivity contribution < 1.29 is 14.1 Å². The third-order valence-electron chi connectivity index (χ3n) is 7.55. The first-order valence-electron chi connectivity index (χ1n) is 11.7. The van der Waals surface area contributed by atoms with E-state index < -0.39 is 0 Å². The fourth-order valence-corrected chi connectivity index (χ4v) is 7.45. The van der Waals surface area contributed by atoms with Crippen LogP contribution in [0.15, 0.2) is 28.8 Å². The summed E-state index contributed by atoms with van der Waals surface area (Å²) in [6.45, 7) is 0. The molecule has 3 aromatic rings. The van der Waals surface area contributed by atoms with Crippen molar-refractivity contribution in [1.29, 1.82) is 0 Å². The number of hydrogen-bond donors (Lipinski definition) is 1. The fourth-order valence-electron chi connectivity index (χ4n) is 6.48. The Balaban J connectivity index is 1.05. The van der Waals surface area contributed by atoms with Gasteiger partial charge in [-0.15, -0.1) is 10.2 Å². The third-order valence-corrected chi connectivity index (χ3v) is 8.63. The van der Waals surface area contributed by atoms with E-state index in [4.69, 9.17) is 9.26 Å². The van der Waals surface area contributed by atoms with Crippen LogP contribution >= 0.6 is 11.3 Å². The molecule has 1 aromatic carbocycles. The van der Waals surface area contributed by atoms with Gasteiger partial charge in [0.15, 0.2) is 0 Å². The zero-order valence-electron chi connectivity index (χ0n) is 18.6. The van der Waals surface area contributed by atoms with Gasteiger partial charge < -0.3 is 14.6 Å². The van der Waals surface area contributed by atoms with Crippen molar-refractivity contribution in [2.24, 2.45) is 17.8 Å². The van der Waals surface area contributed by atoms with E-state index in [1.165, 1.54) is 38.5 Å². The number of ether oxygens (including phenoxy) is 1. The summed E-state index contributed by atoms with van der Waals surface area (Å²) in [5, 5.41) is 17.5. The zero-order valence-corrected chi connectivity index (χ0v) is 19.4. The maximum Gasteiger partial charge on any atom is 0.227 e. The highest BCUT2D eigenvalue weighted by Gasteiger charge is 2.53. The molecule has 1 N–H and O–H groups in total. The van der Waals surface area contributed by atoms with E-state index in [1.54, 1.807) is 18.4 Å². The van der Waals surface area contributed by atoms with Crippen LogP contribution in [0.4, 0.5) is 5.13 Å². The quantitative estimate of drug-likeness (QED) is 0.542. The van der Waals surface area contributed by atoms with Gasteiger partial charge in [-0.05, 0) is 80.5 Å². The average molecular weight is 466 g/mol. The van der Waals surface area contributed by atoms with Crippen LogP contribution in [0.5, 0.6) is 5.75 Å². The highest BCUT2D eigenvalue weighted by molar-refractivity contribution is 7.15. The molecular formula is C24H27N5O3S. The molecule has 1 amide bonds. The largest absolute Gasteiger partial charge is 0.497 e. The smallest absolute Gasteiger partial charge is 0.227 e. The number of nitrogens with zero attached hydrogens (tertiary/aromatic N) is 4. The number of rotatable bonds is 7. The van der Waals surface area contributed by atoms with Crippen LogP contribution in [0.25, 0.3) is 11.4 Å². The second-order valence-electron chi connectivity index (χ2n) is 9.90. The molecular weight excluding hydrogens is 438 g/mol. The Kier molecular flexibility index (Phi) is 5.16. The molecule has 0 radical (unpaired) electrons. The number of nitrogens with one attached hydrogen (secondary N) is 1. The monoisotopic (exact) mass is 465 g/mol. The predicted molar refractivity (Wildman–Crippen MR) is 123 cm³/mol. The van der Waals surface area contributed by atoms with Crippen LogP contribution in [0.1, 0.15) is 55.8 Å². The lowest BCUT2D eigenvalue weighted by molar-refractivity contribution is -0.116. The van der Waals surface area contributed by atoms with E-state index in [9.17, 15) is 4.79 Å². The lowest BCUT2D eigenvalue weighted by Gasteiger charge is -2.55. The molecule has 0 saturated heterocycles. The molecule has 0 aliphatic heterocycles. The summed E-state index contributed by atoms with van der Waals surface area (Å²) in [4.78, 5) is 16.9. The maximum atomic E-state index is 12.5. The van der Waals surface area contributed by atoms with Gasteiger partial charge in [0.25, 0.3) is 0 Å². The number of aromatic nitrogens is 4. The first kappa shape index (κ1) is 20.8. The number of hydrogen-bond acceptors (Lipinski definition) is 8. The summed E-state index contributed by atoms with van der Waals surface area (Å²) in [5.74, 6) is 4.15. The van der Waals surface area contributed by atoms with E-state index in [-0.39, 0.29) is 17.7 Å². The van der Waals surface area contributed by atoms with Gasteiger partial charge in [0.1, 0.15) is 10.8 Å². The Morgan fingerprint density at radius 3 is 2.48 bits per heavy atom. The molecule has 4 bridgehead atoms. The molecule has 0 spiro atoms. The Morgan fingerprint density at radius 1 is 1.12 bits per heavy atom. The molecule has 4 fully saturated rings. The highest BCUT2D eigenvalue weighted by Crippen LogP contribution is 2.61. The summed E-state index contributed by atoms with van der Waals surface area (Å²) in [6.07, 6.45) is 8.55. The first-order chi connectivity index (χ1) is 16.1. The molecule has 4 saturated carbocycles. The lowest BCUT2D eigenvalue weighted by atomic mass is 9.50. The van der Waals surface area contributed by atoms with Crippen LogP contribution in [0.2, 0.25) is 0 Å². The Morgan fingerprint density at radius 2 is 1.82 bits per heavy atom. The maximum absolute atomic E-state index is 12.5. The van der Waals surface area contributed by atoms with Crippen LogP contribution in [0.3, 0.4) is 0 Å². The number of aryl methyl sites for hydroxylation is 1. The summed E-state index contributed by atoms with van der Waals surface area (Å²) in [5.41, 5.74) is 1.04. The second kappa shape index (κ2) is 8.20. The molecule has 7 rings (SSSR count). The van der Waals surface area contributed by atoms with E-state index in [1.807, 2.05) is 24.3 Å². The molecule has 9 heteroatoms. The average Bonchev–Trinajstić information content (AvgIpc) is 3.47. The van der Waals surface area contributed by atoms with Crippen LogP contribution in [-0.2, 0) is 16.6 Å². The van der Waals surface area contributed by atoms with E-state index in [0.717, 1.165) is 34.1 Å². The van der Waals surface area contributed by atoms with Gasteiger partial charge in [0.2, 0.25) is 22.8 Å². The van der Waals surface area contributed by atoms with Crippen molar-refractivity contribution in [3.05, 3.63) is 35.2 Å². The van der Waals surface area contributed by atoms with E-state index >= 15 is 0 Å². The van der Waals surface area contributed by atoms with Gasteiger partial charge in [-0.25, -0.2) is 0 Å². The number of carbonyl (C=O) groups excluding carboxylic acids is 1. The van der Waals surface area contributed by atoms with Gasteiger partial charge in [0.05, 0.1) is 7.11 Å². The van der Waals surface area contributed by atoms with Crippen molar-refractivity contribution >= 4 is 22.4 Å². The highest BCUT2D eigenvalue weighted by atomic mass is 32.1. The van der Waals surface area contributed by atoms with E-state index in [2.05, 4.69) is 25.7 Å². The van der Waals surface area contributed by atoms with Crippen LogP contribution < -0.4 is 10.1 Å². The predicted octanol–water partition coefficient (Wildman–Crippen LogP) is 4.64. The molecule has 8 nitrogen and oxygen atoms in total. The Hall–Kier alpha value is -2.81. The van der Waals surface area contributed by atoms with E-state index in [0.29, 0.717) is 23.3 Å². The van der Waals surface area contributed by atoms with Crippen molar-refractivity contribution in [1.82, 2.24) is 20.3 Å². The number of amides is 1. The Bertz CT molecular complexity index is 1120. The zero-order chi connectivity index (χ0) is 22.4. The minimum atomic E-state index is -0.118. The SMILES string of the molecule is COc1ccc(-c2noc(CCC(=O)Nc3nnc(C45CC6CC(CC(C6)C4)C5)s3)n2)cc1. The molecule has 172 valence electrons. The molecule has 33 heavy (non-hydrogen) atoms. The van der Waals surface area contributed by atoms with Crippen molar-refractivity contribution in [3.8, 4) is 17.1 Å². The summed E-state index contributed by atoms with van der Waals surface area (Å²) in [6, 6.07) is 7.44. The minimum absolute atomic E-state index is 0.118. The number of methoxy groups -OCH3 is 1. The topological polar surface area (TPSA) is 103 Å². The fraction of sp³-hybridized carbons (Fsp3) is 0.542. The van der Waals surface area contributed by atoms with Gasteiger partial charge in [-0.1, -0.05) is 16.5 Å². The third kappa shape index (κ3) is 4.03. The molecule has 0 unspecified atom stereocenters. The summed E-state index contributed by atoms with van der Waals surface area (Å²) in [7, 11) is 1.62. The van der Waals surface area contributed by atoms with Gasteiger partial charge in [-0.2, -0.15) is 4.98 Å². The molecule has 4 aliphatic carbocycles. The van der Waals surface area contributed by atoms with Crippen molar-refractivity contribution in [2.75, 3.05) is 12.4 Å². The number of carbonyl (C=O) groups is 1. The van der Waals surface area contributed by atoms with Gasteiger partial charge >= 0.3 is 0 Å². The van der Waals surface area contributed by atoms with Gasteiger partial charge in [0, 0.05) is 23.8 Å². The van der Waals surface area contributed by atoms with Crippen LogP contribution in [0, 0.1) is 17.8 Å². The van der Waals surface area contributed by atoms with Crippen molar-refractivity contribution in [3.63, 3.8) is 0 Å². The first-order valence-corrected chi connectivity index (χ1v) is 12.5. The molecule has 2 heterocycles. The molecule has 0 atom stereocenters. The number of anilines is 1. The number of benzene rings is 1. The normalized spacial score (nSPS) is 27.6. The minimum Gasteiger partial charge on any atom is -0.497 e. The summed E-state index contributed by atoms with van der Waals surface area (Å²) >= 11 is 1.56. The van der Waals surface area contributed by atoms with Gasteiger partial charge in [-0.3, -0.25) is 4.79 Å². The van der Waals surface area contributed by atoms with Crippen molar-refractivity contribution in [2.45, 2.75) is 56.8 Å². The molecule has 2 aromatic heterocycles. The standard InChI is InChI=1S/C24H27N5O3S/c1-31-18-4-2-17(3-5-18)21-26-20(32-29-21)7-6-19(30)25-23-28-27-22(33-23)24-11-14-8-15(12-24)10-16(9-14)13-24/h2-5,14-16H,6-13H2,1H3,(H,25,28,30). The lowest BCUT2D eigenvalue weighted by Crippen LogP contribution is -2.48. The summed E-state index contributed by atoms with van der Waals surface area (Å²) < 4.78 is 10.5. The van der Waals surface area contributed by atoms with Crippen LogP contribution in [-0.4, -0.2) is 33.4 Å².